The Balaban J connectivity index is 2.29. The maximum Gasteiger partial charge on any atom is 0.162 e. The second kappa shape index (κ2) is 6.71. The van der Waals surface area contributed by atoms with Crippen molar-refractivity contribution in [2.24, 2.45) is 0 Å². The van der Waals surface area contributed by atoms with Crippen molar-refractivity contribution in [2.75, 3.05) is 7.11 Å². The highest BCUT2D eigenvalue weighted by atomic mass is 16.5. The average molecular weight is 336 g/mol. The number of benzene rings is 1. The van der Waals surface area contributed by atoms with Gasteiger partial charge in [0.2, 0.25) is 0 Å². The predicted octanol–water partition coefficient (Wildman–Crippen LogP) is 4.73. The molecule has 0 bridgehead atoms. The van der Waals surface area contributed by atoms with Crippen LogP contribution in [0.25, 0.3) is 10.9 Å². The molecule has 0 fully saturated rings. The quantitative estimate of drug-likeness (QED) is 0.633. The molecule has 0 unspecified atom stereocenters. The number of Topliss-reactive ketones (excluding diaryl/α,β-unsaturated/α-hetero) is 1. The van der Waals surface area contributed by atoms with Crippen LogP contribution in [0.3, 0.4) is 0 Å². The number of carbonyl (C=O) groups excluding carboxylic acids is 1. The van der Waals surface area contributed by atoms with Crippen molar-refractivity contribution in [3.05, 3.63) is 59.0 Å². The fraction of sp³-hybridized carbons (Fsp3) is 0.333. The monoisotopic (exact) mass is 336 g/mol. The molecule has 0 N–H and O–H groups in total. The summed E-state index contributed by atoms with van der Waals surface area (Å²) in [6.45, 7) is 8.54. The van der Waals surface area contributed by atoms with Gasteiger partial charge in [0, 0.05) is 17.5 Å². The zero-order valence-electron chi connectivity index (χ0n) is 15.5. The summed E-state index contributed by atoms with van der Waals surface area (Å²) < 4.78 is 7.69. The van der Waals surface area contributed by atoms with Gasteiger partial charge in [-0.3, -0.25) is 9.78 Å². The standard InChI is InChI=1S/C21H24N2O2/c1-13(2)17-9-10-19(25-5)20-18(15(4)24)12-23(21(17)20)11-16-8-6-7-14(3)22-16/h6-10,12-13H,11H2,1-5H3. The van der Waals surface area contributed by atoms with Gasteiger partial charge in [0.05, 0.1) is 30.3 Å². The zero-order chi connectivity index (χ0) is 18.1. The van der Waals surface area contributed by atoms with Gasteiger partial charge in [0.1, 0.15) is 5.75 Å². The van der Waals surface area contributed by atoms with Crippen LogP contribution in [0, 0.1) is 6.92 Å². The summed E-state index contributed by atoms with van der Waals surface area (Å²) in [6, 6.07) is 10.1. The smallest absolute Gasteiger partial charge is 0.162 e. The Kier molecular flexibility index (Phi) is 4.62. The average Bonchev–Trinajstić information content (AvgIpc) is 2.94. The topological polar surface area (TPSA) is 44.1 Å². The van der Waals surface area contributed by atoms with Crippen LogP contribution < -0.4 is 4.74 Å². The summed E-state index contributed by atoms with van der Waals surface area (Å²) in [5.41, 5.74) is 4.92. The third-order valence-corrected chi connectivity index (χ3v) is 4.51. The normalized spacial score (nSPS) is 11.3. The van der Waals surface area contributed by atoms with Gasteiger partial charge >= 0.3 is 0 Å². The fourth-order valence-corrected chi connectivity index (χ4v) is 3.33. The largest absolute Gasteiger partial charge is 0.496 e. The van der Waals surface area contributed by atoms with Crippen molar-refractivity contribution < 1.29 is 9.53 Å². The highest BCUT2D eigenvalue weighted by Crippen LogP contribution is 2.36. The molecule has 0 radical (unpaired) electrons. The number of aryl methyl sites for hydroxylation is 1. The fourth-order valence-electron chi connectivity index (χ4n) is 3.33. The minimum Gasteiger partial charge on any atom is -0.496 e. The van der Waals surface area contributed by atoms with E-state index in [4.69, 9.17) is 4.74 Å². The van der Waals surface area contributed by atoms with Crippen molar-refractivity contribution in [1.29, 1.82) is 0 Å². The highest BCUT2D eigenvalue weighted by molar-refractivity contribution is 6.10. The van der Waals surface area contributed by atoms with Crippen LogP contribution in [0.4, 0.5) is 0 Å². The Morgan fingerprint density at radius 1 is 1.24 bits per heavy atom. The molecule has 3 aromatic rings. The van der Waals surface area contributed by atoms with Crippen molar-refractivity contribution in [3.8, 4) is 5.75 Å². The summed E-state index contributed by atoms with van der Waals surface area (Å²) in [5.74, 6) is 1.12. The Morgan fingerprint density at radius 2 is 2.00 bits per heavy atom. The van der Waals surface area contributed by atoms with E-state index >= 15 is 0 Å². The first kappa shape index (κ1) is 17.2. The molecular formula is C21H24N2O2. The van der Waals surface area contributed by atoms with E-state index in [0.29, 0.717) is 18.0 Å². The second-order valence-electron chi connectivity index (χ2n) is 6.73. The zero-order valence-corrected chi connectivity index (χ0v) is 15.5. The maximum absolute atomic E-state index is 12.2. The second-order valence-corrected chi connectivity index (χ2v) is 6.73. The molecule has 1 aromatic carbocycles. The predicted molar refractivity (Wildman–Crippen MR) is 101 cm³/mol. The van der Waals surface area contributed by atoms with Gasteiger partial charge < -0.3 is 9.30 Å². The first-order valence-corrected chi connectivity index (χ1v) is 8.55. The van der Waals surface area contributed by atoms with Gasteiger partial charge in [-0.1, -0.05) is 26.0 Å². The molecule has 4 heteroatoms. The summed E-state index contributed by atoms with van der Waals surface area (Å²) in [7, 11) is 1.65. The number of hydrogen-bond donors (Lipinski definition) is 0. The number of carbonyl (C=O) groups is 1. The molecule has 130 valence electrons. The summed E-state index contributed by atoms with van der Waals surface area (Å²) in [6.07, 6.45) is 1.94. The van der Waals surface area contributed by atoms with Crippen molar-refractivity contribution >= 4 is 16.7 Å². The Bertz CT molecular complexity index is 938. The van der Waals surface area contributed by atoms with Gasteiger partial charge in [0.15, 0.2) is 5.78 Å². The molecule has 3 rings (SSSR count). The van der Waals surface area contributed by atoms with Gasteiger partial charge in [-0.05, 0) is 43.5 Å². The van der Waals surface area contributed by atoms with Crippen LogP contribution in [0.15, 0.2) is 36.5 Å². The molecular weight excluding hydrogens is 312 g/mol. The van der Waals surface area contributed by atoms with Gasteiger partial charge in [-0.25, -0.2) is 0 Å². The van der Waals surface area contributed by atoms with E-state index in [2.05, 4.69) is 29.5 Å². The van der Waals surface area contributed by atoms with Crippen molar-refractivity contribution in [1.82, 2.24) is 9.55 Å². The number of rotatable bonds is 5. The molecule has 0 aliphatic heterocycles. The highest BCUT2D eigenvalue weighted by Gasteiger charge is 2.20. The first-order chi connectivity index (χ1) is 11.9. The molecule has 0 aliphatic carbocycles. The molecule has 0 aliphatic rings. The number of aromatic nitrogens is 2. The van der Waals surface area contributed by atoms with Crippen LogP contribution in [-0.4, -0.2) is 22.4 Å². The van der Waals surface area contributed by atoms with Gasteiger partial charge in [-0.15, -0.1) is 0 Å². The lowest BCUT2D eigenvalue weighted by Crippen LogP contribution is -2.03. The Hall–Kier alpha value is -2.62. The van der Waals surface area contributed by atoms with Crippen molar-refractivity contribution in [2.45, 2.75) is 40.2 Å². The molecule has 2 aromatic heterocycles. The first-order valence-electron chi connectivity index (χ1n) is 8.55. The summed E-state index contributed by atoms with van der Waals surface area (Å²) in [5, 5.41) is 0.897. The number of ketones is 1. The Labute approximate surface area is 148 Å². The van der Waals surface area contributed by atoms with Crippen LogP contribution in [0.5, 0.6) is 5.75 Å². The van der Waals surface area contributed by atoms with Gasteiger partial charge in [0.25, 0.3) is 0 Å². The van der Waals surface area contributed by atoms with E-state index in [0.717, 1.165) is 28.0 Å². The van der Waals surface area contributed by atoms with Gasteiger partial charge in [-0.2, -0.15) is 0 Å². The van der Waals surface area contributed by atoms with Crippen LogP contribution in [-0.2, 0) is 6.54 Å². The van der Waals surface area contributed by atoms with E-state index in [1.807, 2.05) is 37.4 Å². The lowest BCUT2D eigenvalue weighted by atomic mass is 9.98. The lowest BCUT2D eigenvalue weighted by Gasteiger charge is -2.14. The molecule has 0 saturated heterocycles. The molecule has 0 spiro atoms. The molecule has 2 heterocycles. The molecule has 0 saturated carbocycles. The third kappa shape index (κ3) is 3.16. The maximum atomic E-state index is 12.2. The minimum atomic E-state index is 0.0418. The number of fused-ring (bicyclic) bond motifs is 1. The van der Waals surface area contributed by atoms with E-state index in [-0.39, 0.29) is 5.78 Å². The summed E-state index contributed by atoms with van der Waals surface area (Å²) >= 11 is 0. The van der Waals surface area contributed by atoms with Crippen LogP contribution in [0.2, 0.25) is 0 Å². The summed E-state index contributed by atoms with van der Waals surface area (Å²) in [4.78, 5) is 16.9. The van der Waals surface area contributed by atoms with Crippen LogP contribution in [0.1, 0.15) is 54.0 Å². The SMILES string of the molecule is COc1ccc(C(C)C)c2c1c(C(C)=O)cn2Cc1cccc(C)n1. The number of pyridine rings is 1. The number of methoxy groups -OCH3 is 1. The third-order valence-electron chi connectivity index (χ3n) is 4.51. The molecule has 25 heavy (non-hydrogen) atoms. The van der Waals surface area contributed by atoms with E-state index in [1.165, 1.54) is 5.56 Å². The Morgan fingerprint density at radius 3 is 2.60 bits per heavy atom. The number of nitrogens with zero attached hydrogens (tertiary/aromatic N) is 2. The molecule has 4 nitrogen and oxygen atoms in total. The molecule has 0 atom stereocenters. The van der Waals surface area contributed by atoms with Crippen molar-refractivity contribution in [3.63, 3.8) is 0 Å². The van der Waals surface area contributed by atoms with E-state index in [1.54, 1.807) is 14.0 Å². The number of ether oxygens (including phenoxy) is 1. The van der Waals surface area contributed by atoms with E-state index in [9.17, 15) is 4.79 Å². The van der Waals surface area contributed by atoms with E-state index < -0.39 is 0 Å². The molecule has 0 amide bonds. The minimum absolute atomic E-state index is 0.0418. The number of hydrogen-bond acceptors (Lipinski definition) is 3. The lowest BCUT2D eigenvalue weighted by molar-refractivity contribution is 0.101. The van der Waals surface area contributed by atoms with Crippen LogP contribution >= 0.6 is 0 Å².